The third kappa shape index (κ3) is 4.26. The van der Waals surface area contributed by atoms with Crippen LogP contribution in [0, 0.1) is 6.92 Å². The zero-order chi connectivity index (χ0) is 25.9. The Kier molecular flexibility index (Phi) is 6.10. The molecule has 1 aromatic carbocycles. The number of alkyl halides is 3. The molecule has 4 aliphatic heterocycles. The van der Waals surface area contributed by atoms with E-state index >= 15 is 0 Å². The Labute approximate surface area is 218 Å². The molecule has 5 heterocycles. The molecule has 0 N–H and O–H groups in total. The lowest BCUT2D eigenvalue weighted by Crippen LogP contribution is -2.57. The van der Waals surface area contributed by atoms with E-state index in [2.05, 4.69) is 16.0 Å². The number of amides is 2. The highest BCUT2D eigenvalue weighted by atomic mass is 32.1. The number of hydrogen-bond donors (Lipinski definition) is 0. The van der Waals surface area contributed by atoms with Crippen molar-refractivity contribution < 1.29 is 22.8 Å². The fourth-order valence-corrected chi connectivity index (χ4v) is 8.25. The number of carbonyl (C=O) groups is 2. The van der Waals surface area contributed by atoms with Gasteiger partial charge in [-0.15, -0.1) is 11.3 Å². The number of aromatic nitrogens is 1. The summed E-state index contributed by atoms with van der Waals surface area (Å²) in [6, 6.07) is 9.22. The maximum atomic E-state index is 13.6. The molecular formula is C27H31F3N4O2S. The minimum absolute atomic E-state index is 0.241. The number of nitrogens with zero attached hydrogens (tertiary/aromatic N) is 4. The number of halogens is 3. The summed E-state index contributed by atoms with van der Waals surface area (Å²) in [5.41, 5.74) is 0.898. The minimum atomic E-state index is -4.66. The normalized spacial score (nSPS) is 27.4. The maximum Gasteiger partial charge on any atom is 0.435 e. The Morgan fingerprint density at radius 1 is 1.11 bits per heavy atom. The van der Waals surface area contributed by atoms with Gasteiger partial charge in [-0.2, -0.15) is 13.2 Å². The van der Waals surface area contributed by atoms with Crippen molar-refractivity contribution in [2.24, 2.45) is 0 Å². The summed E-state index contributed by atoms with van der Waals surface area (Å²) < 4.78 is 40.9. The smallest absolute Gasteiger partial charge is 0.339 e. The summed E-state index contributed by atoms with van der Waals surface area (Å²) in [7, 11) is 0. The first-order valence-electron chi connectivity index (χ1n) is 13.1. The van der Waals surface area contributed by atoms with Gasteiger partial charge in [0.15, 0.2) is 5.69 Å². The van der Waals surface area contributed by atoms with Crippen LogP contribution in [-0.2, 0) is 22.9 Å². The topological polar surface area (TPSA) is 56.8 Å². The monoisotopic (exact) mass is 532 g/mol. The number of aryl methyl sites for hydroxylation is 1. The fourth-order valence-electron chi connectivity index (χ4n) is 7.34. The van der Waals surface area contributed by atoms with Crippen molar-refractivity contribution in [2.75, 3.05) is 19.6 Å². The molecule has 198 valence electrons. The Morgan fingerprint density at radius 2 is 1.78 bits per heavy atom. The molecule has 10 heteroatoms. The summed E-state index contributed by atoms with van der Waals surface area (Å²) in [6.45, 7) is 4.00. The Balaban J connectivity index is 1.23. The molecule has 37 heavy (non-hydrogen) atoms. The lowest BCUT2D eigenvalue weighted by molar-refractivity contribution is -0.141. The number of hydrogen-bond acceptors (Lipinski definition) is 5. The first kappa shape index (κ1) is 24.9. The molecule has 0 aliphatic carbocycles. The standard InChI is InChI=1S/C27H31F3N4O2S/c1-17-31-24(27(28,29)30)23(37-17)25(36)33-14-18-4-2-3-5-22(18)26(15-33)8-10-32(11-9-26)21-12-19-6-7-20(13-21)34(19)16-35/h2-5,16,19-21H,6-15H2,1H3. The largest absolute Gasteiger partial charge is 0.435 e. The molecule has 2 amide bonds. The molecule has 2 atom stereocenters. The van der Waals surface area contributed by atoms with Crippen LogP contribution in [-0.4, -0.2) is 69.8 Å². The summed E-state index contributed by atoms with van der Waals surface area (Å²) in [5.74, 6) is -0.577. The first-order valence-corrected chi connectivity index (χ1v) is 13.9. The van der Waals surface area contributed by atoms with Crippen molar-refractivity contribution in [3.63, 3.8) is 0 Å². The van der Waals surface area contributed by atoms with E-state index in [-0.39, 0.29) is 15.3 Å². The van der Waals surface area contributed by atoms with Gasteiger partial charge in [0.25, 0.3) is 5.91 Å². The Bertz CT molecular complexity index is 1190. The fraction of sp³-hybridized carbons (Fsp3) is 0.593. The molecule has 1 spiro atoms. The van der Waals surface area contributed by atoms with Gasteiger partial charge in [0.1, 0.15) is 4.88 Å². The second-order valence-corrected chi connectivity index (χ2v) is 12.3. The highest BCUT2D eigenvalue weighted by Crippen LogP contribution is 2.45. The third-order valence-corrected chi connectivity index (χ3v) is 10.0. The molecule has 3 saturated heterocycles. The van der Waals surface area contributed by atoms with E-state index in [1.165, 1.54) is 12.5 Å². The molecule has 2 unspecified atom stereocenters. The van der Waals surface area contributed by atoms with E-state index in [9.17, 15) is 22.8 Å². The Morgan fingerprint density at radius 3 is 2.43 bits per heavy atom. The lowest BCUT2D eigenvalue weighted by Gasteiger charge is -2.51. The van der Waals surface area contributed by atoms with Crippen LogP contribution >= 0.6 is 11.3 Å². The number of benzene rings is 1. The highest BCUT2D eigenvalue weighted by molar-refractivity contribution is 7.13. The van der Waals surface area contributed by atoms with E-state index in [1.807, 2.05) is 23.1 Å². The second-order valence-electron chi connectivity index (χ2n) is 11.1. The predicted molar refractivity (Wildman–Crippen MR) is 133 cm³/mol. The molecule has 4 aliphatic rings. The van der Waals surface area contributed by atoms with Gasteiger partial charge in [-0.25, -0.2) is 4.98 Å². The average Bonchev–Trinajstić information content (AvgIpc) is 3.40. The van der Waals surface area contributed by atoms with Crippen LogP contribution in [0.5, 0.6) is 0 Å². The first-order chi connectivity index (χ1) is 17.7. The van der Waals surface area contributed by atoms with Gasteiger partial charge in [-0.1, -0.05) is 24.3 Å². The van der Waals surface area contributed by atoms with Crippen LogP contribution < -0.4 is 0 Å². The number of piperidine rings is 2. The number of thiazole rings is 1. The molecule has 0 radical (unpaired) electrons. The predicted octanol–water partition coefficient (Wildman–Crippen LogP) is 4.61. The van der Waals surface area contributed by atoms with Gasteiger partial charge in [0.05, 0.1) is 5.01 Å². The van der Waals surface area contributed by atoms with Crippen LogP contribution in [0.1, 0.15) is 70.0 Å². The van der Waals surface area contributed by atoms with Crippen LogP contribution in [0.2, 0.25) is 0 Å². The van der Waals surface area contributed by atoms with Crippen molar-refractivity contribution in [1.29, 1.82) is 0 Å². The van der Waals surface area contributed by atoms with Gasteiger partial charge in [0, 0.05) is 36.6 Å². The number of carbonyl (C=O) groups excluding carboxylic acids is 2. The van der Waals surface area contributed by atoms with Crippen molar-refractivity contribution in [3.8, 4) is 0 Å². The number of fused-ring (bicyclic) bond motifs is 4. The van der Waals surface area contributed by atoms with E-state index in [1.54, 1.807) is 4.90 Å². The van der Waals surface area contributed by atoms with Gasteiger partial charge >= 0.3 is 6.18 Å². The van der Waals surface area contributed by atoms with Gasteiger partial charge < -0.3 is 14.7 Å². The van der Waals surface area contributed by atoms with Crippen LogP contribution in [0.4, 0.5) is 13.2 Å². The highest BCUT2D eigenvalue weighted by Gasteiger charge is 2.48. The van der Waals surface area contributed by atoms with E-state index in [0.29, 0.717) is 31.2 Å². The minimum Gasteiger partial charge on any atom is -0.339 e. The van der Waals surface area contributed by atoms with E-state index in [0.717, 1.165) is 74.9 Å². The lowest BCUT2D eigenvalue weighted by atomic mass is 9.68. The quantitative estimate of drug-likeness (QED) is 0.542. The third-order valence-electron chi connectivity index (χ3n) is 9.09. The molecule has 2 aromatic rings. The average molecular weight is 533 g/mol. The van der Waals surface area contributed by atoms with Gasteiger partial charge in [0.2, 0.25) is 6.41 Å². The summed E-state index contributed by atoms with van der Waals surface area (Å²) in [4.78, 5) is 34.5. The molecule has 3 fully saturated rings. The van der Waals surface area contributed by atoms with E-state index in [4.69, 9.17) is 0 Å². The zero-order valence-corrected chi connectivity index (χ0v) is 21.7. The number of likely N-dealkylation sites (tertiary alicyclic amines) is 1. The molecule has 1 aromatic heterocycles. The molecule has 2 bridgehead atoms. The second kappa shape index (κ2) is 9.08. The molecule has 6 nitrogen and oxygen atoms in total. The molecular weight excluding hydrogens is 501 g/mol. The van der Waals surface area contributed by atoms with Gasteiger partial charge in [-0.05, 0) is 69.7 Å². The van der Waals surface area contributed by atoms with Crippen molar-refractivity contribution >= 4 is 23.7 Å². The summed E-state index contributed by atoms with van der Waals surface area (Å²) in [5, 5.41) is 0.241. The van der Waals surface area contributed by atoms with Crippen molar-refractivity contribution in [2.45, 2.75) is 81.7 Å². The number of rotatable bonds is 3. The van der Waals surface area contributed by atoms with Crippen LogP contribution in [0.15, 0.2) is 24.3 Å². The van der Waals surface area contributed by atoms with Crippen LogP contribution in [0.3, 0.4) is 0 Å². The van der Waals surface area contributed by atoms with Crippen molar-refractivity contribution in [3.05, 3.63) is 51.0 Å². The van der Waals surface area contributed by atoms with E-state index < -0.39 is 17.8 Å². The molecule has 0 saturated carbocycles. The maximum absolute atomic E-state index is 13.6. The van der Waals surface area contributed by atoms with Gasteiger partial charge in [-0.3, -0.25) is 9.59 Å². The molecule has 6 rings (SSSR count). The van der Waals surface area contributed by atoms with Crippen molar-refractivity contribution in [1.82, 2.24) is 19.7 Å². The summed E-state index contributed by atoms with van der Waals surface area (Å²) in [6.07, 6.45) is 2.24. The summed E-state index contributed by atoms with van der Waals surface area (Å²) >= 11 is 0.827. The van der Waals surface area contributed by atoms with Crippen LogP contribution in [0.25, 0.3) is 0 Å². The SMILES string of the molecule is Cc1nc(C(F)(F)F)c(C(=O)N2Cc3ccccc3C3(CCN(C4CC5CCC(C4)N5C=O)CC3)C2)s1. The Hall–Kier alpha value is -2.46. The zero-order valence-electron chi connectivity index (χ0n) is 20.8.